The lowest BCUT2D eigenvalue weighted by atomic mass is 10.2. The van der Waals surface area contributed by atoms with E-state index in [9.17, 15) is 19.1 Å². The molecule has 152 valence electrons. The molecule has 1 aliphatic carbocycles. The summed E-state index contributed by atoms with van der Waals surface area (Å²) in [5.74, 6) is 0. The van der Waals surface area contributed by atoms with Gasteiger partial charge in [0, 0.05) is 6.42 Å². The number of halogens is 1. The Labute approximate surface area is 167 Å². The van der Waals surface area contributed by atoms with Crippen LogP contribution in [0.1, 0.15) is 17.5 Å². The number of aliphatic hydroxyl groups is 1. The summed E-state index contributed by atoms with van der Waals surface area (Å²) in [5.41, 5.74) is 1.52. The van der Waals surface area contributed by atoms with E-state index in [-0.39, 0.29) is 19.6 Å². The Balaban J connectivity index is 1.46. The van der Waals surface area contributed by atoms with Crippen molar-refractivity contribution in [2.45, 2.75) is 44.0 Å². The molecule has 2 fully saturated rings. The molecule has 1 N–H and O–H groups in total. The quantitative estimate of drug-likeness (QED) is 0.854. The number of hydrogen-bond donors (Lipinski definition) is 1. The molecule has 0 aromatic heterocycles. The van der Waals surface area contributed by atoms with Crippen LogP contribution in [-0.4, -0.2) is 51.7 Å². The summed E-state index contributed by atoms with van der Waals surface area (Å²) in [6.07, 6.45) is -4.44. The van der Waals surface area contributed by atoms with Crippen LogP contribution in [0.3, 0.4) is 0 Å². The van der Waals surface area contributed by atoms with Gasteiger partial charge in [0.2, 0.25) is 0 Å². The average Bonchev–Trinajstić information content (AvgIpc) is 3.19. The lowest BCUT2D eigenvalue weighted by Gasteiger charge is -2.36. The average molecular weight is 400 g/mol. The Morgan fingerprint density at radius 1 is 0.897 bits per heavy atom. The van der Waals surface area contributed by atoms with Crippen molar-refractivity contribution in [1.29, 1.82) is 0 Å². The van der Waals surface area contributed by atoms with Crippen molar-refractivity contribution in [3.63, 3.8) is 0 Å². The first-order valence-electron chi connectivity index (χ1n) is 9.38. The summed E-state index contributed by atoms with van der Waals surface area (Å²) < 4.78 is 24.9. The van der Waals surface area contributed by atoms with Gasteiger partial charge in [-0.2, -0.15) is 0 Å². The normalized spacial score (nSPS) is 25.2. The third-order valence-corrected chi connectivity index (χ3v) is 5.19. The fourth-order valence-electron chi connectivity index (χ4n) is 3.80. The number of nitrogens with zero attached hydrogens (tertiary/aromatic N) is 2. The minimum absolute atomic E-state index is 0.00435. The number of fused-ring (bicyclic) bond motifs is 2. The monoisotopic (exact) mass is 400 g/mol. The number of amides is 2. The zero-order chi connectivity index (χ0) is 20.4. The van der Waals surface area contributed by atoms with E-state index < -0.39 is 36.5 Å². The highest BCUT2D eigenvalue weighted by molar-refractivity contribution is 5.76. The largest absolute Gasteiger partial charge is 0.443 e. The molecule has 1 heterocycles. The number of carbonyl (C=O) groups is 2. The Morgan fingerprint density at radius 3 is 1.90 bits per heavy atom. The first kappa shape index (κ1) is 19.2. The van der Waals surface area contributed by atoms with Crippen molar-refractivity contribution in [1.82, 2.24) is 10.0 Å². The number of carbonyl (C=O) groups excluding carboxylic acids is 2. The number of hydrazine groups is 1. The summed E-state index contributed by atoms with van der Waals surface area (Å²) in [5, 5.41) is 12.2. The van der Waals surface area contributed by atoms with Gasteiger partial charge in [0.15, 0.2) is 0 Å². The predicted molar refractivity (Wildman–Crippen MR) is 100 cm³/mol. The molecule has 8 heteroatoms. The molecule has 2 aromatic rings. The second kappa shape index (κ2) is 8.08. The lowest BCUT2D eigenvalue weighted by molar-refractivity contribution is -0.0620. The second-order valence-electron chi connectivity index (χ2n) is 7.07. The van der Waals surface area contributed by atoms with Crippen LogP contribution in [-0.2, 0) is 22.7 Å². The minimum atomic E-state index is -1.45. The van der Waals surface area contributed by atoms with E-state index in [1.54, 1.807) is 36.4 Å². The molecule has 1 aliphatic heterocycles. The van der Waals surface area contributed by atoms with Gasteiger partial charge in [0.1, 0.15) is 31.5 Å². The van der Waals surface area contributed by atoms with Crippen LogP contribution in [0.15, 0.2) is 60.7 Å². The Kier molecular flexibility index (Phi) is 5.35. The number of rotatable bonds is 4. The van der Waals surface area contributed by atoms with Crippen LogP contribution in [0.2, 0.25) is 0 Å². The third kappa shape index (κ3) is 3.75. The Morgan fingerprint density at radius 2 is 1.38 bits per heavy atom. The van der Waals surface area contributed by atoms with Gasteiger partial charge >= 0.3 is 12.2 Å². The van der Waals surface area contributed by atoms with Gasteiger partial charge in [-0.05, 0) is 11.1 Å². The zero-order valence-electron chi connectivity index (χ0n) is 15.6. The fourth-order valence-corrected chi connectivity index (χ4v) is 3.80. The second-order valence-corrected chi connectivity index (χ2v) is 7.07. The van der Waals surface area contributed by atoms with E-state index in [4.69, 9.17) is 9.47 Å². The van der Waals surface area contributed by atoms with Gasteiger partial charge in [-0.3, -0.25) is 0 Å². The van der Waals surface area contributed by atoms with E-state index in [0.717, 1.165) is 21.1 Å². The van der Waals surface area contributed by atoms with Gasteiger partial charge in [-0.1, -0.05) is 60.7 Å². The summed E-state index contributed by atoms with van der Waals surface area (Å²) in [6, 6.07) is 16.0. The molecule has 2 amide bonds. The molecule has 4 unspecified atom stereocenters. The number of hydrogen-bond acceptors (Lipinski definition) is 5. The molecule has 0 spiro atoms. The first-order valence-corrected chi connectivity index (χ1v) is 9.38. The molecule has 0 radical (unpaired) electrons. The first-order chi connectivity index (χ1) is 14.1. The molecule has 2 aliphatic rings. The van der Waals surface area contributed by atoms with Crippen molar-refractivity contribution >= 4 is 12.2 Å². The maximum Gasteiger partial charge on any atom is 0.429 e. The number of alkyl halides is 1. The van der Waals surface area contributed by atoms with E-state index in [0.29, 0.717) is 0 Å². The van der Waals surface area contributed by atoms with E-state index in [2.05, 4.69) is 0 Å². The Bertz CT molecular complexity index is 866. The van der Waals surface area contributed by atoms with Crippen molar-refractivity contribution < 1.29 is 28.6 Å². The van der Waals surface area contributed by atoms with E-state index >= 15 is 0 Å². The molecule has 4 atom stereocenters. The van der Waals surface area contributed by atoms with Gasteiger partial charge < -0.3 is 14.6 Å². The highest BCUT2D eigenvalue weighted by Gasteiger charge is 2.62. The maximum atomic E-state index is 14.3. The molecule has 2 aromatic carbocycles. The van der Waals surface area contributed by atoms with Crippen molar-refractivity contribution in [2.24, 2.45) is 0 Å². The van der Waals surface area contributed by atoms with E-state index in [1.165, 1.54) is 0 Å². The maximum absolute atomic E-state index is 14.3. The topological polar surface area (TPSA) is 79.3 Å². The molecular weight excluding hydrogens is 379 g/mol. The Hall–Kier alpha value is -3.13. The van der Waals surface area contributed by atoms with Gasteiger partial charge in [0.25, 0.3) is 0 Å². The van der Waals surface area contributed by atoms with Gasteiger partial charge in [-0.25, -0.2) is 24.0 Å². The van der Waals surface area contributed by atoms with Crippen molar-refractivity contribution in [3.8, 4) is 0 Å². The van der Waals surface area contributed by atoms with Crippen molar-refractivity contribution in [3.05, 3.63) is 71.8 Å². The molecule has 2 bridgehead atoms. The summed E-state index contributed by atoms with van der Waals surface area (Å²) in [4.78, 5) is 25.3. The number of ether oxygens (including phenoxy) is 2. The summed E-state index contributed by atoms with van der Waals surface area (Å²) in [6.45, 7) is -0.0386. The molecule has 29 heavy (non-hydrogen) atoms. The van der Waals surface area contributed by atoms with Crippen molar-refractivity contribution in [2.75, 3.05) is 0 Å². The predicted octanol–water partition coefficient (Wildman–Crippen LogP) is 3.03. The van der Waals surface area contributed by atoms with Crippen LogP contribution < -0.4 is 0 Å². The smallest absolute Gasteiger partial charge is 0.429 e. The number of aliphatic hydroxyl groups excluding tert-OH is 1. The highest BCUT2D eigenvalue weighted by Crippen LogP contribution is 2.40. The molecule has 7 nitrogen and oxygen atoms in total. The van der Waals surface area contributed by atoms with Crippen LogP contribution >= 0.6 is 0 Å². The molecule has 1 saturated carbocycles. The minimum Gasteiger partial charge on any atom is -0.443 e. The van der Waals surface area contributed by atoms with Crippen LogP contribution in [0.4, 0.5) is 14.0 Å². The standard InChI is InChI=1S/C21H21FN2O5/c22-16-11-17-19(25)18(16)24(21(27)29-13-15-9-5-2-6-10-15)23(17)20(26)28-12-14-7-3-1-4-8-14/h1-10,16-19,25H,11-13H2. The van der Waals surface area contributed by atoms with Gasteiger partial charge in [-0.15, -0.1) is 0 Å². The van der Waals surface area contributed by atoms with Crippen LogP contribution in [0, 0.1) is 0 Å². The molecule has 1 saturated heterocycles. The highest BCUT2D eigenvalue weighted by atomic mass is 19.1. The lowest BCUT2D eigenvalue weighted by Crippen LogP contribution is -2.56. The number of benzene rings is 2. The van der Waals surface area contributed by atoms with Crippen LogP contribution in [0.25, 0.3) is 0 Å². The van der Waals surface area contributed by atoms with Crippen LogP contribution in [0.5, 0.6) is 0 Å². The molecule has 4 rings (SSSR count). The van der Waals surface area contributed by atoms with Gasteiger partial charge in [0.05, 0.1) is 6.04 Å². The third-order valence-electron chi connectivity index (χ3n) is 5.19. The SMILES string of the molecule is O=C(OCc1ccccc1)N1C2CC(F)C(C2O)N1C(=O)OCc1ccccc1. The fraction of sp³-hybridized carbons (Fsp3) is 0.333. The van der Waals surface area contributed by atoms with E-state index in [1.807, 2.05) is 24.3 Å². The summed E-state index contributed by atoms with van der Waals surface area (Å²) in [7, 11) is 0. The molecular formula is C21H21FN2O5. The zero-order valence-corrected chi connectivity index (χ0v) is 15.6. The summed E-state index contributed by atoms with van der Waals surface area (Å²) >= 11 is 0.